The second-order valence-electron chi connectivity index (χ2n) is 8.34. The van der Waals surface area contributed by atoms with Crippen molar-refractivity contribution in [2.45, 2.75) is 18.9 Å². The van der Waals surface area contributed by atoms with Gasteiger partial charge in [0, 0.05) is 12.4 Å². The van der Waals surface area contributed by atoms with Gasteiger partial charge in [-0.25, -0.2) is 4.39 Å². The summed E-state index contributed by atoms with van der Waals surface area (Å²) >= 11 is 0. The number of hydrogen-bond acceptors (Lipinski definition) is 7. The second-order valence-corrected chi connectivity index (χ2v) is 8.34. The van der Waals surface area contributed by atoms with Crippen LogP contribution in [0.4, 0.5) is 10.2 Å². The fourth-order valence-corrected chi connectivity index (χ4v) is 4.11. The Hall–Kier alpha value is -3.89. The number of carbonyl (C=O) groups excluding carboxylic acids is 1. The van der Waals surface area contributed by atoms with E-state index in [1.54, 1.807) is 30.6 Å². The van der Waals surface area contributed by atoms with E-state index >= 15 is 0 Å². The SMILES string of the molecule is O=BCNCCCC(NCB=O)C(=O)Nc1ccc2c(-c3ccncc3)c(-c3ccc(F)cc3)[nH]c2n1. The molecule has 0 aliphatic carbocycles. The van der Waals surface area contributed by atoms with Gasteiger partial charge in [-0.15, -0.1) is 0 Å². The van der Waals surface area contributed by atoms with Crippen molar-refractivity contribution in [1.82, 2.24) is 25.6 Å². The molecule has 0 bridgehead atoms. The first-order valence-corrected chi connectivity index (χ1v) is 11.9. The second kappa shape index (κ2) is 12.9. The number of benzene rings is 1. The molecule has 3 aromatic heterocycles. The summed E-state index contributed by atoms with van der Waals surface area (Å²) in [6.07, 6.45) is 4.80. The molecule has 0 spiro atoms. The number of halogens is 1. The zero-order valence-corrected chi connectivity index (χ0v) is 20.0. The first-order valence-electron chi connectivity index (χ1n) is 11.9. The molecule has 12 heteroatoms. The Morgan fingerprint density at radius 1 is 0.973 bits per heavy atom. The maximum atomic E-state index is 13.6. The molecule has 4 N–H and O–H groups in total. The summed E-state index contributed by atoms with van der Waals surface area (Å²) in [6, 6.07) is 12.9. The molecule has 1 aromatic carbocycles. The van der Waals surface area contributed by atoms with E-state index in [1.165, 1.54) is 12.1 Å². The summed E-state index contributed by atoms with van der Waals surface area (Å²) in [4.78, 5) is 25.0. The average Bonchev–Trinajstić information content (AvgIpc) is 3.30. The molecule has 3 heterocycles. The number of nitrogens with zero attached hydrogens (tertiary/aromatic N) is 2. The van der Waals surface area contributed by atoms with E-state index < -0.39 is 6.04 Å². The number of aromatic nitrogens is 3. The number of amides is 1. The van der Waals surface area contributed by atoms with Gasteiger partial charge >= 0.3 is 174 Å². The third-order valence-electron chi connectivity index (χ3n) is 5.85. The van der Waals surface area contributed by atoms with Gasteiger partial charge in [0.05, 0.1) is 0 Å². The zero-order valence-electron chi connectivity index (χ0n) is 20.0. The number of fused-ring (bicyclic) bond motifs is 1. The van der Waals surface area contributed by atoms with Crippen molar-refractivity contribution in [3.63, 3.8) is 0 Å². The zero-order chi connectivity index (χ0) is 26.0. The van der Waals surface area contributed by atoms with Crippen LogP contribution in [0.5, 0.6) is 0 Å². The number of nitrogens with one attached hydrogen (secondary N) is 4. The standard InChI is InChI=1S/C25H25B2FN6O3/c28-18-5-3-17(4-6-18)23-22(16-9-12-29-13-10-16)19-7-8-21(32-24(19)34-23)33-25(35)20(31-15-27-37)2-1-11-30-14-26-36/h3-10,12-13,20,30-31H,1-2,11,14-15H2,(H2,32,33,34,35). The molecular weight excluding hydrogens is 473 g/mol. The summed E-state index contributed by atoms with van der Waals surface area (Å²) in [5, 5.41) is 9.54. The molecule has 1 atom stereocenters. The van der Waals surface area contributed by atoms with Crippen LogP contribution in [-0.2, 0) is 14.2 Å². The molecule has 4 rings (SSSR count). The van der Waals surface area contributed by atoms with E-state index in [-0.39, 0.29) is 24.6 Å². The van der Waals surface area contributed by atoms with Crippen molar-refractivity contribution < 1.29 is 18.6 Å². The van der Waals surface area contributed by atoms with Crippen LogP contribution in [0.1, 0.15) is 12.8 Å². The number of hydrogen-bond donors (Lipinski definition) is 4. The van der Waals surface area contributed by atoms with Crippen LogP contribution >= 0.6 is 0 Å². The van der Waals surface area contributed by atoms with E-state index in [9.17, 15) is 18.6 Å². The first-order chi connectivity index (χ1) is 18.1. The number of aromatic amines is 1. The number of pyridine rings is 2. The van der Waals surface area contributed by atoms with E-state index in [1.807, 2.05) is 18.2 Å². The van der Waals surface area contributed by atoms with Gasteiger partial charge in [-0.3, -0.25) is 4.98 Å². The van der Waals surface area contributed by atoms with Gasteiger partial charge < -0.3 is 0 Å². The van der Waals surface area contributed by atoms with Gasteiger partial charge in [-0.05, 0) is 12.1 Å². The summed E-state index contributed by atoms with van der Waals surface area (Å²) in [5.41, 5.74) is 3.92. The van der Waals surface area contributed by atoms with Gasteiger partial charge in [-0.2, -0.15) is 0 Å². The van der Waals surface area contributed by atoms with Crippen LogP contribution in [0.25, 0.3) is 33.4 Å². The maximum absolute atomic E-state index is 13.6. The summed E-state index contributed by atoms with van der Waals surface area (Å²) in [6.45, 7) is 0.571. The van der Waals surface area contributed by atoms with Crippen LogP contribution in [0.2, 0.25) is 0 Å². The normalized spacial score (nSPS) is 11.6. The van der Waals surface area contributed by atoms with Crippen molar-refractivity contribution in [3.8, 4) is 22.4 Å². The van der Waals surface area contributed by atoms with Crippen LogP contribution in [-0.4, -0.2) is 60.6 Å². The van der Waals surface area contributed by atoms with Gasteiger partial charge in [0.2, 0.25) is 0 Å². The third kappa shape index (κ3) is 6.66. The van der Waals surface area contributed by atoms with Crippen LogP contribution in [0.3, 0.4) is 0 Å². The molecule has 0 saturated heterocycles. The van der Waals surface area contributed by atoms with E-state index in [0.29, 0.717) is 38.0 Å². The molecule has 0 radical (unpaired) electrons. The minimum atomic E-state index is -0.605. The van der Waals surface area contributed by atoms with Crippen molar-refractivity contribution in [2.24, 2.45) is 0 Å². The fourth-order valence-electron chi connectivity index (χ4n) is 4.11. The third-order valence-corrected chi connectivity index (χ3v) is 5.85. The Bertz CT molecular complexity index is 1370. The molecule has 0 aliphatic rings. The van der Waals surface area contributed by atoms with Gasteiger partial charge in [-0.1, -0.05) is 0 Å². The van der Waals surface area contributed by atoms with E-state index in [0.717, 1.165) is 34.9 Å². The first kappa shape index (κ1) is 26.2. The van der Waals surface area contributed by atoms with Crippen molar-refractivity contribution in [2.75, 3.05) is 24.7 Å². The topological polar surface area (TPSA) is 129 Å². The van der Waals surface area contributed by atoms with Crippen molar-refractivity contribution >= 4 is 37.1 Å². The van der Waals surface area contributed by atoms with E-state index in [4.69, 9.17) is 0 Å². The number of carbonyl (C=O) groups is 1. The molecule has 0 aliphatic heterocycles. The molecule has 4 aromatic rings. The van der Waals surface area contributed by atoms with Gasteiger partial charge in [0.1, 0.15) is 5.82 Å². The van der Waals surface area contributed by atoms with Crippen molar-refractivity contribution in [3.05, 3.63) is 66.7 Å². The predicted molar refractivity (Wildman–Crippen MR) is 140 cm³/mol. The summed E-state index contributed by atoms with van der Waals surface area (Å²) in [7, 11) is 1.48. The van der Waals surface area contributed by atoms with Crippen LogP contribution in [0, 0.1) is 5.82 Å². The Kier molecular flexibility index (Phi) is 9.12. The average molecular weight is 498 g/mol. The quantitative estimate of drug-likeness (QED) is 0.165. The minimum absolute atomic E-state index is 0.0409. The van der Waals surface area contributed by atoms with Gasteiger partial charge in [0.15, 0.2) is 0 Å². The number of H-pyrrole nitrogens is 1. The Morgan fingerprint density at radius 3 is 2.46 bits per heavy atom. The molecule has 37 heavy (non-hydrogen) atoms. The Morgan fingerprint density at radius 2 is 1.73 bits per heavy atom. The summed E-state index contributed by atoms with van der Waals surface area (Å²) < 4.78 is 34.9. The van der Waals surface area contributed by atoms with Crippen LogP contribution < -0.4 is 16.0 Å². The number of anilines is 1. The monoisotopic (exact) mass is 498 g/mol. The van der Waals surface area contributed by atoms with Gasteiger partial charge in [0.25, 0.3) is 0 Å². The van der Waals surface area contributed by atoms with Crippen LogP contribution in [0.15, 0.2) is 60.9 Å². The Labute approximate surface area is 214 Å². The molecule has 9 nitrogen and oxygen atoms in total. The Balaban J connectivity index is 1.61. The molecule has 0 fully saturated rings. The number of rotatable bonds is 13. The molecule has 1 unspecified atom stereocenters. The fraction of sp³-hybridized carbons (Fsp3) is 0.240. The predicted octanol–water partition coefficient (Wildman–Crippen LogP) is 2.71. The molecule has 1 amide bonds. The molecule has 0 saturated carbocycles. The summed E-state index contributed by atoms with van der Waals surface area (Å²) in [5.74, 6) is -0.294. The van der Waals surface area contributed by atoms with Crippen molar-refractivity contribution in [1.29, 1.82) is 0 Å². The molecular formula is C25H25B2FN6O3. The van der Waals surface area contributed by atoms with E-state index in [2.05, 4.69) is 30.9 Å². The molecule has 186 valence electrons.